The molecule has 0 bridgehead atoms. The van der Waals surface area contributed by atoms with Gasteiger partial charge in [0.05, 0.1) is 19.8 Å². The molecule has 2 rings (SSSR count). The largest absolute Gasteiger partial charge is 0.493 e. The van der Waals surface area contributed by atoms with Gasteiger partial charge in [-0.15, -0.1) is 0 Å². The Morgan fingerprint density at radius 3 is 2.62 bits per heavy atom. The summed E-state index contributed by atoms with van der Waals surface area (Å²) in [5.74, 6) is 0.956. The molecular weight excluding hydrogens is 268 g/mol. The number of morpholine rings is 1. The van der Waals surface area contributed by atoms with Gasteiger partial charge in [-0.25, -0.2) is 4.79 Å². The van der Waals surface area contributed by atoms with Gasteiger partial charge in [-0.05, 0) is 31.4 Å². The molecule has 21 heavy (non-hydrogen) atoms. The quantitative estimate of drug-likeness (QED) is 0.846. The van der Waals surface area contributed by atoms with Gasteiger partial charge in [0.15, 0.2) is 0 Å². The maximum Gasteiger partial charge on any atom is 0.317 e. The molecule has 0 unspecified atom stereocenters. The van der Waals surface area contributed by atoms with Crippen LogP contribution in [0.15, 0.2) is 18.2 Å². The van der Waals surface area contributed by atoms with Gasteiger partial charge < -0.3 is 19.7 Å². The van der Waals surface area contributed by atoms with E-state index in [0.717, 1.165) is 23.3 Å². The van der Waals surface area contributed by atoms with Crippen LogP contribution in [0.1, 0.15) is 17.5 Å². The Morgan fingerprint density at radius 2 is 1.95 bits per heavy atom. The molecule has 0 spiro atoms. The van der Waals surface area contributed by atoms with E-state index < -0.39 is 0 Å². The molecule has 2 amide bonds. The number of aryl methyl sites for hydroxylation is 2. The molecule has 0 atom stereocenters. The zero-order chi connectivity index (χ0) is 15.1. The van der Waals surface area contributed by atoms with Crippen LogP contribution in [0.25, 0.3) is 0 Å². The maximum atomic E-state index is 11.9. The second kappa shape index (κ2) is 7.88. The number of amides is 2. The number of urea groups is 1. The average molecular weight is 292 g/mol. The maximum absolute atomic E-state index is 11.9. The van der Waals surface area contributed by atoms with Gasteiger partial charge >= 0.3 is 6.03 Å². The van der Waals surface area contributed by atoms with E-state index in [1.54, 1.807) is 4.90 Å². The molecule has 1 aromatic rings. The number of carbonyl (C=O) groups is 1. The van der Waals surface area contributed by atoms with Crippen molar-refractivity contribution in [2.75, 3.05) is 39.5 Å². The minimum atomic E-state index is -0.00891. The van der Waals surface area contributed by atoms with Crippen molar-refractivity contribution in [3.63, 3.8) is 0 Å². The lowest BCUT2D eigenvalue weighted by Gasteiger charge is -2.26. The lowest BCUT2D eigenvalue weighted by atomic mass is 10.1. The van der Waals surface area contributed by atoms with Crippen LogP contribution in [0.4, 0.5) is 4.79 Å². The van der Waals surface area contributed by atoms with E-state index in [1.165, 1.54) is 0 Å². The van der Waals surface area contributed by atoms with Crippen LogP contribution < -0.4 is 10.1 Å². The lowest BCUT2D eigenvalue weighted by molar-refractivity contribution is 0.0532. The third-order valence-corrected chi connectivity index (χ3v) is 3.55. The summed E-state index contributed by atoms with van der Waals surface area (Å²) in [6, 6.07) is 6.11. The van der Waals surface area contributed by atoms with E-state index in [0.29, 0.717) is 39.5 Å². The van der Waals surface area contributed by atoms with Crippen LogP contribution >= 0.6 is 0 Å². The number of nitrogens with one attached hydrogen (secondary N) is 1. The Balaban J connectivity index is 1.64. The van der Waals surface area contributed by atoms with Gasteiger partial charge in [0.1, 0.15) is 5.75 Å². The first kappa shape index (κ1) is 15.6. The molecule has 1 aliphatic heterocycles. The van der Waals surface area contributed by atoms with Crippen molar-refractivity contribution in [2.45, 2.75) is 20.3 Å². The van der Waals surface area contributed by atoms with Crippen LogP contribution in [0, 0.1) is 13.8 Å². The summed E-state index contributed by atoms with van der Waals surface area (Å²) in [5, 5.41) is 2.92. The van der Waals surface area contributed by atoms with Gasteiger partial charge in [-0.3, -0.25) is 0 Å². The van der Waals surface area contributed by atoms with Crippen LogP contribution in [0.3, 0.4) is 0 Å². The fourth-order valence-electron chi connectivity index (χ4n) is 2.35. The first-order valence-corrected chi connectivity index (χ1v) is 7.48. The van der Waals surface area contributed by atoms with E-state index in [-0.39, 0.29) is 6.03 Å². The van der Waals surface area contributed by atoms with Crippen LogP contribution in [-0.2, 0) is 4.74 Å². The number of carbonyl (C=O) groups excluding carboxylic acids is 1. The van der Waals surface area contributed by atoms with Crippen molar-refractivity contribution in [2.24, 2.45) is 0 Å². The molecule has 1 saturated heterocycles. The fourth-order valence-corrected chi connectivity index (χ4v) is 2.35. The van der Waals surface area contributed by atoms with E-state index >= 15 is 0 Å². The highest BCUT2D eigenvalue weighted by Crippen LogP contribution is 2.22. The van der Waals surface area contributed by atoms with Crippen molar-refractivity contribution < 1.29 is 14.3 Å². The molecular formula is C16H24N2O3. The first-order valence-electron chi connectivity index (χ1n) is 7.48. The monoisotopic (exact) mass is 292 g/mol. The van der Waals surface area contributed by atoms with E-state index in [4.69, 9.17) is 9.47 Å². The zero-order valence-corrected chi connectivity index (χ0v) is 12.9. The lowest BCUT2D eigenvalue weighted by Crippen LogP contribution is -2.46. The molecule has 1 fully saturated rings. The van der Waals surface area contributed by atoms with Gasteiger partial charge in [-0.1, -0.05) is 18.2 Å². The zero-order valence-electron chi connectivity index (χ0n) is 12.9. The molecule has 1 aliphatic rings. The second-order valence-electron chi connectivity index (χ2n) is 5.25. The summed E-state index contributed by atoms with van der Waals surface area (Å²) in [4.78, 5) is 13.6. The first-order chi connectivity index (χ1) is 10.2. The highest BCUT2D eigenvalue weighted by molar-refractivity contribution is 5.74. The second-order valence-corrected chi connectivity index (χ2v) is 5.25. The third-order valence-electron chi connectivity index (χ3n) is 3.55. The topological polar surface area (TPSA) is 50.8 Å². The van der Waals surface area contributed by atoms with Gasteiger partial charge in [0.2, 0.25) is 0 Å². The standard InChI is InChI=1S/C16H24N2O3/c1-13-5-3-6-14(2)15(13)21-10-4-7-17-16(19)18-8-11-20-12-9-18/h3,5-6H,4,7-12H2,1-2H3,(H,17,19). The highest BCUT2D eigenvalue weighted by Gasteiger charge is 2.15. The Labute approximate surface area is 126 Å². The van der Waals surface area contributed by atoms with E-state index in [9.17, 15) is 4.79 Å². The number of hydrogen-bond acceptors (Lipinski definition) is 3. The predicted molar refractivity (Wildman–Crippen MR) is 81.8 cm³/mol. The Hall–Kier alpha value is -1.75. The predicted octanol–water partition coefficient (Wildman–Crippen LogP) is 2.11. The molecule has 1 N–H and O–H groups in total. The number of nitrogens with zero attached hydrogens (tertiary/aromatic N) is 1. The average Bonchev–Trinajstić information content (AvgIpc) is 2.50. The van der Waals surface area contributed by atoms with Crippen LogP contribution in [-0.4, -0.2) is 50.4 Å². The van der Waals surface area contributed by atoms with E-state index in [2.05, 4.69) is 5.32 Å². The smallest absolute Gasteiger partial charge is 0.317 e. The summed E-state index contributed by atoms with van der Waals surface area (Å²) in [6.07, 6.45) is 0.795. The third kappa shape index (κ3) is 4.63. The number of benzene rings is 1. The van der Waals surface area contributed by atoms with Crippen molar-refractivity contribution in [3.05, 3.63) is 29.3 Å². The van der Waals surface area contributed by atoms with Crippen LogP contribution in [0.5, 0.6) is 5.75 Å². The molecule has 1 aromatic carbocycles. The molecule has 1 heterocycles. The summed E-state index contributed by atoms with van der Waals surface area (Å²) in [5.41, 5.74) is 2.29. The normalized spacial score (nSPS) is 14.9. The van der Waals surface area contributed by atoms with Gasteiger partial charge in [-0.2, -0.15) is 0 Å². The molecule has 0 radical (unpaired) electrons. The summed E-state index contributed by atoms with van der Waals surface area (Å²) in [6.45, 7) is 7.92. The molecule has 116 valence electrons. The van der Waals surface area contributed by atoms with Gasteiger partial charge in [0, 0.05) is 19.6 Å². The van der Waals surface area contributed by atoms with Crippen molar-refractivity contribution in [1.82, 2.24) is 10.2 Å². The van der Waals surface area contributed by atoms with Crippen LogP contribution in [0.2, 0.25) is 0 Å². The molecule has 0 saturated carbocycles. The Bertz CT molecular complexity index is 450. The van der Waals surface area contributed by atoms with Crippen molar-refractivity contribution in [1.29, 1.82) is 0 Å². The SMILES string of the molecule is Cc1cccc(C)c1OCCCNC(=O)N1CCOCC1. The number of para-hydroxylation sites is 1. The molecule has 0 aromatic heterocycles. The minimum absolute atomic E-state index is 0.00891. The highest BCUT2D eigenvalue weighted by atomic mass is 16.5. The fraction of sp³-hybridized carbons (Fsp3) is 0.562. The summed E-state index contributed by atoms with van der Waals surface area (Å²) >= 11 is 0. The Kier molecular flexibility index (Phi) is 5.87. The van der Waals surface area contributed by atoms with Crippen molar-refractivity contribution >= 4 is 6.03 Å². The van der Waals surface area contributed by atoms with Gasteiger partial charge in [0.25, 0.3) is 0 Å². The van der Waals surface area contributed by atoms with E-state index in [1.807, 2.05) is 32.0 Å². The summed E-state index contributed by atoms with van der Waals surface area (Å²) < 4.78 is 11.0. The molecule has 5 nitrogen and oxygen atoms in total. The van der Waals surface area contributed by atoms with Crippen molar-refractivity contribution in [3.8, 4) is 5.75 Å². The minimum Gasteiger partial charge on any atom is -0.493 e. The Morgan fingerprint density at radius 1 is 1.29 bits per heavy atom. The number of hydrogen-bond donors (Lipinski definition) is 1. The number of ether oxygens (including phenoxy) is 2. The number of rotatable bonds is 5. The molecule has 5 heteroatoms. The summed E-state index contributed by atoms with van der Waals surface area (Å²) in [7, 11) is 0. The molecule has 0 aliphatic carbocycles.